The Hall–Kier alpha value is -2.52. The molecule has 40 heavy (non-hydrogen) atoms. The molecule has 0 saturated carbocycles. The Labute approximate surface area is 248 Å². The van der Waals surface area contributed by atoms with Crippen LogP contribution in [0.5, 0.6) is 0 Å². The van der Waals surface area contributed by atoms with Gasteiger partial charge in [0.1, 0.15) is 0 Å². The molecule has 0 heterocycles. The first-order valence-electron chi connectivity index (χ1n) is 13.5. The average Bonchev–Trinajstić information content (AvgIpc) is 2.93. The number of carboxylic acid groups (broad SMARTS) is 1. The summed E-state index contributed by atoms with van der Waals surface area (Å²) in [7, 11) is 0.858. The highest BCUT2D eigenvalue weighted by Gasteiger charge is 2.50. The smallest absolute Gasteiger partial charge is 0.304 e. The number of amides is 1. The van der Waals surface area contributed by atoms with Crippen LogP contribution in [0.15, 0.2) is 84.9 Å². The zero-order valence-electron chi connectivity index (χ0n) is 24.1. The van der Waals surface area contributed by atoms with Gasteiger partial charge >= 0.3 is 5.97 Å². The second kappa shape index (κ2) is 14.9. The van der Waals surface area contributed by atoms with Crippen molar-refractivity contribution in [1.82, 2.24) is 4.90 Å². The summed E-state index contributed by atoms with van der Waals surface area (Å²) in [5.41, 5.74) is 2.19. The lowest BCUT2D eigenvalue weighted by atomic mass is 10.1. The van der Waals surface area contributed by atoms with Gasteiger partial charge in [-0.1, -0.05) is 106 Å². The van der Waals surface area contributed by atoms with Gasteiger partial charge in [0.05, 0.1) is 17.6 Å². The van der Waals surface area contributed by atoms with Crippen LogP contribution in [-0.4, -0.2) is 55.8 Å². The van der Waals surface area contributed by atoms with E-state index in [-0.39, 0.29) is 21.9 Å². The van der Waals surface area contributed by atoms with Crippen molar-refractivity contribution < 1.29 is 19.1 Å². The number of aliphatic carboxylic acids is 1. The predicted molar refractivity (Wildman–Crippen MR) is 172 cm³/mol. The van der Waals surface area contributed by atoms with Crippen molar-refractivity contribution in [2.45, 2.75) is 49.8 Å². The van der Waals surface area contributed by atoms with Crippen molar-refractivity contribution in [2.75, 3.05) is 25.6 Å². The van der Waals surface area contributed by atoms with Gasteiger partial charge in [0.2, 0.25) is 5.91 Å². The maximum absolute atomic E-state index is 12.1. The highest BCUT2D eigenvalue weighted by molar-refractivity contribution is 8.16. The third-order valence-corrected chi connectivity index (χ3v) is 14.6. The minimum atomic E-state index is -2.67. The molecule has 0 radical (unpaired) electrons. The normalized spacial score (nSPS) is 12.6. The Morgan fingerprint density at radius 1 is 0.850 bits per heavy atom. The van der Waals surface area contributed by atoms with Gasteiger partial charge in [-0.05, 0) is 26.5 Å². The van der Waals surface area contributed by atoms with Crippen molar-refractivity contribution in [3.8, 4) is 0 Å². The van der Waals surface area contributed by atoms with Gasteiger partial charge in [-0.2, -0.15) is 0 Å². The van der Waals surface area contributed by atoms with Gasteiger partial charge in [0.15, 0.2) is 0 Å². The Kier molecular flexibility index (Phi) is 11.9. The SMILES string of the molecule is CN(C)C(=O)CCSC(SCCC(=O)O)c1cccc(CO[Si](c2ccccc2)(c2ccccc2)C(C)(C)C)c1. The van der Waals surface area contributed by atoms with E-state index in [0.717, 1.165) is 11.1 Å². The fourth-order valence-corrected chi connectivity index (χ4v) is 11.9. The van der Waals surface area contributed by atoms with Crippen LogP contribution in [0.25, 0.3) is 0 Å². The van der Waals surface area contributed by atoms with Gasteiger partial charge < -0.3 is 14.4 Å². The fourth-order valence-electron chi connectivity index (χ4n) is 4.75. The van der Waals surface area contributed by atoms with Gasteiger partial charge in [-0.3, -0.25) is 9.59 Å². The topological polar surface area (TPSA) is 66.8 Å². The molecule has 0 saturated heterocycles. The van der Waals surface area contributed by atoms with Gasteiger partial charge in [0, 0.05) is 32.0 Å². The first kappa shape index (κ1) is 32.0. The van der Waals surface area contributed by atoms with E-state index in [1.807, 2.05) is 12.1 Å². The minimum absolute atomic E-state index is 0.0297. The third kappa shape index (κ3) is 8.49. The molecule has 0 aliphatic carbocycles. The monoisotopic (exact) mass is 595 g/mol. The Morgan fingerprint density at radius 3 is 1.90 bits per heavy atom. The second-order valence-electron chi connectivity index (χ2n) is 11.0. The summed E-state index contributed by atoms with van der Waals surface area (Å²) in [5, 5.41) is 11.5. The largest absolute Gasteiger partial charge is 0.481 e. The molecule has 214 valence electrons. The third-order valence-electron chi connectivity index (χ3n) is 6.76. The standard InChI is InChI=1S/C32H41NO4S2Si/c1-32(2,3)40(27-15-8-6-9-16-27,28-17-10-7-11-18-28)37-24-25-13-12-14-26(23-25)31(39-22-20-30(35)36)38-21-19-29(34)33(4)5/h6-18,23,31H,19-22,24H2,1-5H3,(H,35,36). The van der Waals surface area contributed by atoms with Crippen LogP contribution in [0.1, 0.15) is 49.3 Å². The van der Waals surface area contributed by atoms with E-state index >= 15 is 0 Å². The first-order chi connectivity index (χ1) is 19.0. The molecule has 1 atom stereocenters. The second-order valence-corrected chi connectivity index (χ2v) is 18.0. The lowest BCUT2D eigenvalue weighted by Crippen LogP contribution is -2.66. The highest BCUT2D eigenvalue weighted by atomic mass is 32.2. The molecular weight excluding hydrogens is 555 g/mol. The molecule has 3 aromatic carbocycles. The zero-order valence-corrected chi connectivity index (χ0v) is 26.8. The van der Waals surface area contributed by atoms with Crippen molar-refractivity contribution in [3.05, 3.63) is 96.1 Å². The number of nitrogens with zero attached hydrogens (tertiary/aromatic N) is 1. The lowest BCUT2D eigenvalue weighted by molar-refractivity contribution is -0.136. The lowest BCUT2D eigenvalue weighted by Gasteiger charge is -2.43. The summed E-state index contributed by atoms with van der Waals surface area (Å²) in [6.07, 6.45) is 0.555. The molecular formula is C32H41NO4S2Si. The van der Waals surface area contributed by atoms with Crippen molar-refractivity contribution in [1.29, 1.82) is 0 Å². The van der Waals surface area contributed by atoms with E-state index in [2.05, 4.69) is 93.6 Å². The maximum atomic E-state index is 12.1. The molecule has 0 fully saturated rings. The molecule has 3 rings (SSSR count). The molecule has 8 heteroatoms. The number of carboxylic acids is 1. The van der Waals surface area contributed by atoms with Gasteiger partial charge in [0.25, 0.3) is 8.32 Å². The molecule has 5 nitrogen and oxygen atoms in total. The summed E-state index contributed by atoms with van der Waals surface area (Å²) in [6.45, 7) is 7.29. The molecule has 1 amide bonds. The fraction of sp³-hybridized carbons (Fsp3) is 0.375. The number of rotatable bonds is 14. The van der Waals surface area contributed by atoms with E-state index in [9.17, 15) is 9.59 Å². The molecule has 1 unspecified atom stereocenters. The molecule has 0 aromatic heterocycles. The number of hydrogen-bond donors (Lipinski definition) is 1. The number of benzene rings is 3. The molecule has 0 aliphatic rings. The number of carbonyl (C=O) groups is 2. The summed E-state index contributed by atoms with van der Waals surface area (Å²) in [4.78, 5) is 24.9. The molecule has 0 bridgehead atoms. The van der Waals surface area contributed by atoms with Crippen LogP contribution in [0, 0.1) is 0 Å². The first-order valence-corrected chi connectivity index (χ1v) is 17.5. The number of thioether (sulfide) groups is 2. The van der Waals surface area contributed by atoms with Crippen LogP contribution in [-0.2, 0) is 20.6 Å². The Balaban J connectivity index is 1.89. The van der Waals surface area contributed by atoms with Crippen molar-refractivity contribution in [3.63, 3.8) is 0 Å². The van der Waals surface area contributed by atoms with Crippen molar-refractivity contribution >= 4 is 54.1 Å². The minimum Gasteiger partial charge on any atom is -0.481 e. The average molecular weight is 596 g/mol. The summed E-state index contributed by atoms with van der Waals surface area (Å²) in [5.74, 6) is 0.475. The molecule has 3 aromatic rings. The summed E-state index contributed by atoms with van der Waals surface area (Å²) >= 11 is 3.31. The zero-order chi connectivity index (χ0) is 29.2. The Bertz CT molecular complexity index is 1190. The summed E-state index contributed by atoms with van der Waals surface area (Å²) < 4.78 is 7.17. The van der Waals surface area contributed by atoms with Gasteiger partial charge in [-0.15, -0.1) is 23.5 Å². The van der Waals surface area contributed by atoms with Crippen LogP contribution in [0.3, 0.4) is 0 Å². The van der Waals surface area contributed by atoms with E-state index in [1.54, 1.807) is 42.5 Å². The van der Waals surface area contributed by atoms with E-state index in [1.165, 1.54) is 10.4 Å². The number of carbonyl (C=O) groups excluding carboxylic acids is 1. The van der Waals surface area contributed by atoms with Crippen LogP contribution < -0.4 is 10.4 Å². The maximum Gasteiger partial charge on any atom is 0.304 e. The Morgan fingerprint density at radius 2 is 1.40 bits per heavy atom. The van der Waals surface area contributed by atoms with E-state index in [4.69, 9.17) is 9.53 Å². The number of hydrogen-bond acceptors (Lipinski definition) is 5. The molecule has 0 aliphatic heterocycles. The van der Waals surface area contributed by atoms with Crippen molar-refractivity contribution in [2.24, 2.45) is 0 Å². The van der Waals surface area contributed by atoms with Crippen LogP contribution >= 0.6 is 23.5 Å². The van der Waals surface area contributed by atoms with E-state index in [0.29, 0.717) is 24.5 Å². The quantitative estimate of drug-likeness (QED) is 0.177. The van der Waals surface area contributed by atoms with E-state index < -0.39 is 14.3 Å². The van der Waals surface area contributed by atoms with Crippen LogP contribution in [0.4, 0.5) is 0 Å². The van der Waals surface area contributed by atoms with Gasteiger partial charge in [-0.25, -0.2) is 0 Å². The predicted octanol–water partition coefficient (Wildman–Crippen LogP) is 6.18. The highest BCUT2D eigenvalue weighted by Crippen LogP contribution is 2.41. The summed E-state index contributed by atoms with van der Waals surface area (Å²) in [6, 6.07) is 29.7. The molecule has 0 spiro atoms. The molecule has 1 N–H and O–H groups in total. The van der Waals surface area contributed by atoms with Crippen LogP contribution in [0.2, 0.25) is 5.04 Å².